The van der Waals surface area contributed by atoms with Crippen molar-refractivity contribution in [1.82, 2.24) is 4.98 Å². The molecule has 0 aliphatic carbocycles. The van der Waals surface area contributed by atoms with Crippen LogP contribution in [0.25, 0.3) is 22.2 Å². The molecule has 6 heteroatoms. The van der Waals surface area contributed by atoms with Crippen LogP contribution in [0, 0.1) is 5.82 Å². The van der Waals surface area contributed by atoms with Crippen LogP contribution in [-0.4, -0.2) is 23.2 Å². The van der Waals surface area contributed by atoms with Crippen LogP contribution < -0.4 is 4.74 Å². The standard InChI is InChI=1S/C17H11ClFNO3/c1-23-15-6-5-9(19)7-12(15)14-8-11(17(21)22)10-3-2-4-13(18)16(10)20-14/h2-8H,1H3,(H,21,22). The Balaban J connectivity index is 2.37. The van der Waals surface area contributed by atoms with E-state index in [4.69, 9.17) is 16.3 Å². The minimum Gasteiger partial charge on any atom is -0.496 e. The molecule has 4 nitrogen and oxygen atoms in total. The zero-order chi connectivity index (χ0) is 16.6. The van der Waals surface area contributed by atoms with Gasteiger partial charge in [-0.15, -0.1) is 0 Å². The molecular formula is C17H11ClFNO3. The molecule has 23 heavy (non-hydrogen) atoms. The molecule has 0 atom stereocenters. The van der Waals surface area contributed by atoms with Gasteiger partial charge in [0, 0.05) is 10.9 Å². The van der Waals surface area contributed by atoms with Gasteiger partial charge in [0.05, 0.1) is 28.9 Å². The number of fused-ring (bicyclic) bond motifs is 1. The lowest BCUT2D eigenvalue weighted by molar-refractivity contribution is 0.0699. The number of hydrogen-bond acceptors (Lipinski definition) is 3. The highest BCUT2D eigenvalue weighted by atomic mass is 35.5. The lowest BCUT2D eigenvalue weighted by atomic mass is 10.0. The Morgan fingerprint density at radius 3 is 2.74 bits per heavy atom. The number of aromatic nitrogens is 1. The fourth-order valence-electron chi connectivity index (χ4n) is 2.41. The molecule has 0 fully saturated rings. The van der Waals surface area contributed by atoms with Gasteiger partial charge in [-0.3, -0.25) is 0 Å². The van der Waals surface area contributed by atoms with Gasteiger partial charge in [0.1, 0.15) is 11.6 Å². The summed E-state index contributed by atoms with van der Waals surface area (Å²) in [6.45, 7) is 0. The third-order valence-corrected chi connectivity index (χ3v) is 3.76. The first kappa shape index (κ1) is 15.2. The Bertz CT molecular complexity index is 927. The number of halogens is 2. The SMILES string of the molecule is COc1ccc(F)cc1-c1cc(C(=O)O)c2cccc(Cl)c2n1. The highest BCUT2D eigenvalue weighted by Gasteiger charge is 2.17. The Labute approximate surface area is 136 Å². The second-order valence-corrected chi connectivity index (χ2v) is 5.25. The van der Waals surface area contributed by atoms with Gasteiger partial charge in [0.15, 0.2) is 0 Å². The van der Waals surface area contributed by atoms with E-state index in [0.29, 0.717) is 27.2 Å². The number of carboxylic acid groups (broad SMARTS) is 1. The molecule has 1 aromatic heterocycles. The van der Waals surface area contributed by atoms with Crippen molar-refractivity contribution in [2.75, 3.05) is 7.11 Å². The highest BCUT2D eigenvalue weighted by Crippen LogP contribution is 2.33. The number of benzene rings is 2. The van der Waals surface area contributed by atoms with Gasteiger partial charge in [0.25, 0.3) is 0 Å². The molecule has 116 valence electrons. The maximum absolute atomic E-state index is 13.6. The molecule has 0 amide bonds. The molecular weight excluding hydrogens is 321 g/mol. The molecule has 2 aromatic carbocycles. The maximum Gasteiger partial charge on any atom is 0.336 e. The molecule has 0 unspecified atom stereocenters. The van der Waals surface area contributed by atoms with Crippen LogP contribution in [0.4, 0.5) is 4.39 Å². The average Bonchev–Trinajstić information content (AvgIpc) is 2.54. The van der Waals surface area contributed by atoms with E-state index in [-0.39, 0.29) is 11.3 Å². The first-order valence-corrected chi connectivity index (χ1v) is 7.05. The van der Waals surface area contributed by atoms with Gasteiger partial charge in [-0.05, 0) is 30.3 Å². The lowest BCUT2D eigenvalue weighted by Crippen LogP contribution is -2.01. The van der Waals surface area contributed by atoms with E-state index >= 15 is 0 Å². The van der Waals surface area contributed by atoms with Crippen LogP contribution in [0.15, 0.2) is 42.5 Å². The second kappa shape index (κ2) is 5.85. The van der Waals surface area contributed by atoms with Crippen molar-refractivity contribution in [2.24, 2.45) is 0 Å². The van der Waals surface area contributed by atoms with Crippen molar-refractivity contribution in [3.63, 3.8) is 0 Å². The van der Waals surface area contributed by atoms with Gasteiger partial charge >= 0.3 is 5.97 Å². The summed E-state index contributed by atoms with van der Waals surface area (Å²) in [4.78, 5) is 16.0. The van der Waals surface area contributed by atoms with E-state index in [0.717, 1.165) is 0 Å². The van der Waals surface area contributed by atoms with Gasteiger partial charge in [0.2, 0.25) is 0 Å². The molecule has 0 saturated carbocycles. The number of para-hydroxylation sites is 1. The fraction of sp³-hybridized carbons (Fsp3) is 0.0588. The van der Waals surface area contributed by atoms with E-state index in [1.165, 1.54) is 31.4 Å². The monoisotopic (exact) mass is 331 g/mol. The van der Waals surface area contributed by atoms with Crippen molar-refractivity contribution in [2.45, 2.75) is 0 Å². The highest BCUT2D eigenvalue weighted by molar-refractivity contribution is 6.35. The molecule has 1 heterocycles. The summed E-state index contributed by atoms with van der Waals surface area (Å²) in [7, 11) is 1.45. The molecule has 0 spiro atoms. The summed E-state index contributed by atoms with van der Waals surface area (Å²) in [5.74, 6) is -1.20. The summed E-state index contributed by atoms with van der Waals surface area (Å²) in [6.07, 6.45) is 0. The van der Waals surface area contributed by atoms with Crippen LogP contribution >= 0.6 is 11.6 Å². The number of nitrogens with zero attached hydrogens (tertiary/aromatic N) is 1. The number of aromatic carboxylic acids is 1. The maximum atomic E-state index is 13.6. The van der Waals surface area contributed by atoms with Gasteiger partial charge in [-0.1, -0.05) is 23.7 Å². The van der Waals surface area contributed by atoms with Crippen molar-refractivity contribution >= 4 is 28.5 Å². The van der Waals surface area contributed by atoms with Crippen LogP contribution in [0.2, 0.25) is 5.02 Å². The summed E-state index contributed by atoms with van der Waals surface area (Å²) < 4.78 is 18.8. The van der Waals surface area contributed by atoms with E-state index < -0.39 is 11.8 Å². The molecule has 1 N–H and O–H groups in total. The smallest absolute Gasteiger partial charge is 0.336 e. The molecule has 3 aromatic rings. The Morgan fingerprint density at radius 2 is 2.04 bits per heavy atom. The molecule has 0 aliphatic rings. The van der Waals surface area contributed by atoms with Crippen LogP contribution in [0.1, 0.15) is 10.4 Å². The second-order valence-electron chi connectivity index (χ2n) is 4.84. The molecule has 0 bridgehead atoms. The van der Waals surface area contributed by atoms with Gasteiger partial charge in [-0.2, -0.15) is 0 Å². The van der Waals surface area contributed by atoms with E-state index in [9.17, 15) is 14.3 Å². The minimum absolute atomic E-state index is 0.0406. The number of pyridine rings is 1. The molecule has 0 saturated heterocycles. The summed E-state index contributed by atoms with van der Waals surface area (Å²) in [6, 6.07) is 10.3. The summed E-state index contributed by atoms with van der Waals surface area (Å²) >= 11 is 6.14. The van der Waals surface area contributed by atoms with Crippen molar-refractivity contribution in [3.05, 3.63) is 58.9 Å². The Hall–Kier alpha value is -2.66. The predicted octanol–water partition coefficient (Wildman–Crippen LogP) is 4.40. The van der Waals surface area contributed by atoms with E-state index in [1.54, 1.807) is 18.2 Å². The number of carboxylic acids is 1. The summed E-state index contributed by atoms with van der Waals surface area (Å²) in [5.41, 5.74) is 1.02. The molecule has 0 aliphatic heterocycles. The zero-order valence-electron chi connectivity index (χ0n) is 12.0. The van der Waals surface area contributed by atoms with E-state index in [1.807, 2.05) is 0 Å². The van der Waals surface area contributed by atoms with Gasteiger partial charge < -0.3 is 9.84 Å². The van der Waals surface area contributed by atoms with Crippen LogP contribution in [0.5, 0.6) is 5.75 Å². The van der Waals surface area contributed by atoms with Crippen LogP contribution in [0.3, 0.4) is 0 Å². The number of methoxy groups -OCH3 is 1. The quantitative estimate of drug-likeness (QED) is 0.772. The average molecular weight is 332 g/mol. The summed E-state index contributed by atoms with van der Waals surface area (Å²) in [5, 5.41) is 10.2. The van der Waals surface area contributed by atoms with Crippen LogP contribution in [-0.2, 0) is 0 Å². The fourth-order valence-corrected chi connectivity index (χ4v) is 2.63. The van der Waals surface area contributed by atoms with Crippen molar-refractivity contribution in [1.29, 1.82) is 0 Å². The van der Waals surface area contributed by atoms with Crippen molar-refractivity contribution in [3.8, 4) is 17.0 Å². The first-order valence-electron chi connectivity index (χ1n) is 6.67. The number of rotatable bonds is 3. The van der Waals surface area contributed by atoms with E-state index in [2.05, 4.69) is 4.98 Å². The topological polar surface area (TPSA) is 59.4 Å². The third-order valence-electron chi connectivity index (χ3n) is 3.46. The number of hydrogen-bond donors (Lipinski definition) is 1. The first-order chi connectivity index (χ1) is 11.0. The number of carbonyl (C=O) groups is 1. The Kier molecular flexibility index (Phi) is 3.88. The van der Waals surface area contributed by atoms with Crippen molar-refractivity contribution < 1.29 is 19.0 Å². The Morgan fingerprint density at radius 1 is 1.26 bits per heavy atom. The van der Waals surface area contributed by atoms with Gasteiger partial charge in [-0.25, -0.2) is 14.2 Å². The normalized spacial score (nSPS) is 10.7. The lowest BCUT2D eigenvalue weighted by Gasteiger charge is -2.11. The minimum atomic E-state index is -1.11. The molecule has 0 radical (unpaired) electrons. The number of ether oxygens (including phenoxy) is 1. The largest absolute Gasteiger partial charge is 0.496 e. The molecule has 3 rings (SSSR count). The third kappa shape index (κ3) is 2.71. The zero-order valence-corrected chi connectivity index (χ0v) is 12.8. The predicted molar refractivity (Wildman–Crippen MR) is 85.7 cm³/mol.